The molecule has 194 valence electrons. The summed E-state index contributed by atoms with van der Waals surface area (Å²) in [6.45, 7) is 8.07. The molecule has 7 nitrogen and oxygen atoms in total. The highest BCUT2D eigenvalue weighted by atomic mass is 35.5. The van der Waals surface area contributed by atoms with Gasteiger partial charge in [-0.2, -0.15) is 0 Å². The van der Waals surface area contributed by atoms with Crippen LogP contribution in [0.15, 0.2) is 58.2 Å². The Hall–Kier alpha value is -2.55. The number of rotatable bonds is 5. The number of carboxylic acids is 1. The van der Waals surface area contributed by atoms with E-state index in [2.05, 4.69) is 16.8 Å². The summed E-state index contributed by atoms with van der Waals surface area (Å²) in [5.74, 6) is -1.22. The number of likely N-dealkylation sites (tertiary alicyclic amines) is 1. The Balaban J connectivity index is 1.64. The molecule has 4 heterocycles. The first-order valence-corrected chi connectivity index (χ1v) is 13.8. The van der Waals surface area contributed by atoms with Gasteiger partial charge in [0, 0.05) is 28.5 Å². The Morgan fingerprint density at radius 3 is 2.43 bits per heavy atom. The van der Waals surface area contributed by atoms with Gasteiger partial charge in [0.05, 0.1) is 6.04 Å². The minimum Gasteiger partial charge on any atom is -0.480 e. The van der Waals surface area contributed by atoms with E-state index in [0.717, 1.165) is 16.8 Å². The van der Waals surface area contributed by atoms with Crippen molar-refractivity contribution in [2.24, 2.45) is 10.9 Å². The maximum absolute atomic E-state index is 13.9. The van der Waals surface area contributed by atoms with Crippen molar-refractivity contribution in [3.63, 3.8) is 0 Å². The smallest absolute Gasteiger partial charge is 0.326 e. The molecule has 2 aromatic rings. The van der Waals surface area contributed by atoms with Gasteiger partial charge in [0.2, 0.25) is 0 Å². The van der Waals surface area contributed by atoms with Crippen LogP contribution in [-0.4, -0.2) is 49.0 Å². The number of benzene rings is 1. The van der Waals surface area contributed by atoms with Crippen molar-refractivity contribution in [3.8, 4) is 0 Å². The minimum absolute atomic E-state index is 0.0131. The highest BCUT2D eigenvalue weighted by Gasteiger charge is 2.54. The Morgan fingerprint density at radius 2 is 1.84 bits per heavy atom. The number of pyridine rings is 1. The lowest BCUT2D eigenvalue weighted by atomic mass is 9.81. The van der Waals surface area contributed by atoms with Crippen LogP contribution in [0, 0.1) is 5.92 Å². The highest BCUT2D eigenvalue weighted by molar-refractivity contribution is 8.18. The first-order valence-electron chi connectivity index (χ1n) is 12.3. The van der Waals surface area contributed by atoms with E-state index in [4.69, 9.17) is 28.2 Å². The molecule has 0 bridgehead atoms. The van der Waals surface area contributed by atoms with Gasteiger partial charge in [0.15, 0.2) is 5.17 Å². The molecule has 5 rings (SSSR count). The van der Waals surface area contributed by atoms with Crippen molar-refractivity contribution in [3.05, 3.63) is 74.5 Å². The predicted molar refractivity (Wildman–Crippen MR) is 146 cm³/mol. The number of carbonyl (C=O) groups is 2. The first kappa shape index (κ1) is 26.1. The number of hydrogen-bond acceptors (Lipinski definition) is 6. The molecule has 0 saturated carbocycles. The first-order chi connectivity index (χ1) is 17.5. The Labute approximate surface area is 230 Å². The molecule has 1 N–H and O–H groups in total. The van der Waals surface area contributed by atoms with Crippen LogP contribution in [0.2, 0.25) is 10.2 Å². The number of nitrogens with zero attached hydrogens (tertiary/aromatic N) is 4. The molecule has 4 atom stereocenters. The van der Waals surface area contributed by atoms with Crippen LogP contribution in [0.5, 0.6) is 0 Å². The molecule has 10 heteroatoms. The van der Waals surface area contributed by atoms with E-state index in [1.807, 2.05) is 51.1 Å². The molecule has 1 aromatic carbocycles. The highest BCUT2D eigenvalue weighted by Crippen LogP contribution is 2.56. The van der Waals surface area contributed by atoms with E-state index in [1.54, 1.807) is 12.3 Å². The summed E-state index contributed by atoms with van der Waals surface area (Å²) in [6, 6.07) is 10.1. The second-order valence-electron chi connectivity index (χ2n) is 10.2. The fourth-order valence-corrected chi connectivity index (χ4v) is 7.23. The van der Waals surface area contributed by atoms with E-state index in [1.165, 1.54) is 16.7 Å². The van der Waals surface area contributed by atoms with Gasteiger partial charge in [0.25, 0.3) is 5.91 Å². The average Bonchev–Trinajstić information content (AvgIpc) is 3.49. The van der Waals surface area contributed by atoms with E-state index in [9.17, 15) is 14.7 Å². The molecule has 1 aromatic heterocycles. The van der Waals surface area contributed by atoms with Gasteiger partial charge in [-0.3, -0.25) is 4.79 Å². The topological polar surface area (TPSA) is 86.1 Å². The summed E-state index contributed by atoms with van der Waals surface area (Å²) in [5, 5.41) is 11.5. The van der Waals surface area contributed by atoms with Crippen LogP contribution < -0.4 is 0 Å². The Morgan fingerprint density at radius 1 is 1.14 bits per heavy atom. The fourth-order valence-electron chi connectivity index (χ4n) is 5.64. The number of allylic oxidation sites excluding steroid dienone is 1. The van der Waals surface area contributed by atoms with Gasteiger partial charge in [-0.15, -0.1) is 0 Å². The molecule has 3 aliphatic rings. The summed E-state index contributed by atoms with van der Waals surface area (Å²) in [4.78, 5) is 39.6. The number of carboxylic acid groups (broad SMARTS) is 1. The lowest BCUT2D eigenvalue weighted by molar-refractivity contribution is -0.147. The number of fused-ring (bicyclic) bond motifs is 1. The minimum atomic E-state index is -0.966. The second kappa shape index (κ2) is 9.64. The molecule has 1 saturated heterocycles. The normalized spacial score (nSPS) is 27.2. The number of aliphatic imine (C=N–C) groups is 1. The molecule has 3 aliphatic heterocycles. The molecule has 0 spiro atoms. The predicted octanol–water partition coefficient (Wildman–Crippen LogP) is 6.10. The second-order valence-corrected chi connectivity index (χ2v) is 12.0. The summed E-state index contributed by atoms with van der Waals surface area (Å²) >= 11 is 13.6. The maximum Gasteiger partial charge on any atom is 0.326 e. The molecule has 0 radical (unpaired) electrons. The van der Waals surface area contributed by atoms with Gasteiger partial charge < -0.3 is 14.9 Å². The van der Waals surface area contributed by atoms with Crippen LogP contribution in [-0.2, 0) is 15.1 Å². The van der Waals surface area contributed by atoms with Crippen molar-refractivity contribution < 1.29 is 14.7 Å². The van der Waals surface area contributed by atoms with Gasteiger partial charge in [-0.1, -0.05) is 55.2 Å². The molecule has 1 amide bonds. The monoisotopic (exact) mass is 558 g/mol. The van der Waals surface area contributed by atoms with Crippen LogP contribution in [0.4, 0.5) is 0 Å². The standard InChI is InChI=1S/C27H28Cl2N4O3S/c1-14(2)21-22(24(34)32-15(3)5-11-19(32)25(35)36)37-26-31-27(4,17-8-12-20(29)30-13-17)23(33(21)26)16-6-9-18(28)10-7-16/h6-10,12-15,19,23H,5,11H2,1-4H3,(H,35,36)/t15-,19+,23-,27+/m1/s1. The number of thioether (sulfide) groups is 1. The van der Waals surface area contributed by atoms with E-state index in [-0.39, 0.29) is 23.9 Å². The third kappa shape index (κ3) is 4.33. The zero-order valence-electron chi connectivity index (χ0n) is 21.0. The van der Waals surface area contributed by atoms with Crippen molar-refractivity contribution in [2.45, 2.75) is 64.2 Å². The quantitative estimate of drug-likeness (QED) is 0.446. The number of aliphatic carboxylic acids is 1. The third-order valence-corrected chi connectivity index (χ3v) is 8.97. The number of hydrogen-bond donors (Lipinski definition) is 1. The zero-order chi connectivity index (χ0) is 26.6. The number of aromatic nitrogens is 1. The van der Waals surface area contributed by atoms with Crippen LogP contribution in [0.25, 0.3) is 0 Å². The van der Waals surface area contributed by atoms with E-state index in [0.29, 0.717) is 33.1 Å². The summed E-state index contributed by atoms with van der Waals surface area (Å²) in [7, 11) is 0. The molecule has 0 unspecified atom stereocenters. The van der Waals surface area contributed by atoms with Crippen molar-refractivity contribution >= 4 is 52.0 Å². The fraction of sp³-hybridized carbons (Fsp3) is 0.407. The molecule has 0 aliphatic carbocycles. The maximum atomic E-state index is 13.9. The molecular weight excluding hydrogens is 531 g/mol. The van der Waals surface area contributed by atoms with Crippen LogP contribution >= 0.6 is 35.0 Å². The summed E-state index contributed by atoms with van der Waals surface area (Å²) < 4.78 is 0. The van der Waals surface area contributed by atoms with Gasteiger partial charge >= 0.3 is 5.97 Å². The molecular formula is C27H28Cl2N4O3S. The van der Waals surface area contributed by atoms with Crippen LogP contribution in [0.1, 0.15) is 57.7 Å². The summed E-state index contributed by atoms with van der Waals surface area (Å²) in [5.41, 5.74) is 2.02. The number of amides is 1. The van der Waals surface area contributed by atoms with E-state index < -0.39 is 17.6 Å². The Kier molecular flexibility index (Phi) is 6.79. The lowest BCUT2D eigenvalue weighted by Crippen LogP contribution is -2.44. The number of carbonyl (C=O) groups excluding carboxylic acids is 1. The summed E-state index contributed by atoms with van der Waals surface area (Å²) in [6.07, 6.45) is 2.87. The van der Waals surface area contributed by atoms with Gasteiger partial charge in [0.1, 0.15) is 21.6 Å². The average molecular weight is 560 g/mol. The van der Waals surface area contributed by atoms with Crippen molar-refractivity contribution in [2.75, 3.05) is 0 Å². The Bertz CT molecular complexity index is 1310. The van der Waals surface area contributed by atoms with Gasteiger partial charge in [-0.25, -0.2) is 14.8 Å². The van der Waals surface area contributed by atoms with Crippen LogP contribution in [0.3, 0.4) is 0 Å². The van der Waals surface area contributed by atoms with E-state index >= 15 is 0 Å². The third-order valence-electron chi connectivity index (χ3n) is 7.44. The van der Waals surface area contributed by atoms with Gasteiger partial charge in [-0.05, 0) is 68.1 Å². The number of amidine groups is 1. The van der Waals surface area contributed by atoms with Crippen molar-refractivity contribution in [1.82, 2.24) is 14.8 Å². The zero-order valence-corrected chi connectivity index (χ0v) is 23.3. The van der Waals surface area contributed by atoms with Crippen molar-refractivity contribution in [1.29, 1.82) is 0 Å². The molecule has 37 heavy (non-hydrogen) atoms. The molecule has 1 fully saturated rings. The lowest BCUT2D eigenvalue weighted by Gasteiger charge is -2.37. The number of halogens is 2. The largest absolute Gasteiger partial charge is 0.480 e. The SMILES string of the molecule is CC(C)C1=C(C(=O)N2[C@H](C)CC[C@H]2C(=O)O)SC2=N[C@@](C)(c3ccc(Cl)nc3)[C@@H](c3ccc(Cl)cc3)N21.